The first-order valence-corrected chi connectivity index (χ1v) is 7.35. The molecular formula is C16H23NO3. The van der Waals surface area contributed by atoms with Crippen molar-refractivity contribution in [1.82, 2.24) is 4.90 Å². The zero-order valence-electron chi connectivity index (χ0n) is 12.3. The van der Waals surface area contributed by atoms with E-state index in [1.807, 2.05) is 24.3 Å². The van der Waals surface area contributed by atoms with Gasteiger partial charge in [0.25, 0.3) is 0 Å². The number of carbonyl (C=O) groups excluding carboxylic acids is 1. The largest absolute Gasteiger partial charge is 0.494 e. The fourth-order valence-electron chi connectivity index (χ4n) is 2.27. The Morgan fingerprint density at radius 3 is 2.75 bits per heavy atom. The predicted octanol–water partition coefficient (Wildman–Crippen LogP) is 2.38. The second kappa shape index (κ2) is 7.41. The lowest BCUT2D eigenvalue weighted by atomic mass is 10.0. The molecule has 1 aromatic carbocycles. The minimum Gasteiger partial charge on any atom is -0.494 e. The number of nitrogens with zero attached hydrogens (tertiary/aromatic N) is 1. The number of carbonyl (C=O) groups is 1. The van der Waals surface area contributed by atoms with Crippen molar-refractivity contribution < 1.29 is 14.3 Å². The summed E-state index contributed by atoms with van der Waals surface area (Å²) < 4.78 is 11.1. The van der Waals surface area contributed by atoms with E-state index in [-0.39, 0.29) is 11.9 Å². The third kappa shape index (κ3) is 3.81. The van der Waals surface area contributed by atoms with Crippen LogP contribution in [0.3, 0.4) is 0 Å². The van der Waals surface area contributed by atoms with Crippen LogP contribution < -0.4 is 4.74 Å². The lowest BCUT2D eigenvalue weighted by molar-refractivity contribution is -0.0148. The van der Waals surface area contributed by atoms with E-state index in [1.54, 1.807) is 0 Å². The molecule has 110 valence electrons. The Balaban J connectivity index is 1.98. The number of Topliss-reactive ketones (excluding diaryl/α,β-unsaturated/α-hetero) is 1. The Morgan fingerprint density at radius 2 is 2.10 bits per heavy atom. The molecule has 1 aliphatic heterocycles. The number of morpholine rings is 1. The Bertz CT molecular complexity index is 430. The van der Waals surface area contributed by atoms with Crippen molar-refractivity contribution in [3.05, 3.63) is 29.8 Å². The fraction of sp³-hybridized carbons (Fsp3) is 0.562. The second-order valence-electron chi connectivity index (χ2n) is 4.99. The molecule has 1 unspecified atom stereocenters. The summed E-state index contributed by atoms with van der Waals surface area (Å²) in [6, 6.07) is 7.34. The summed E-state index contributed by atoms with van der Waals surface area (Å²) in [6.07, 6.45) is 0.634. The van der Waals surface area contributed by atoms with E-state index >= 15 is 0 Å². The van der Waals surface area contributed by atoms with Crippen molar-refractivity contribution >= 4 is 5.78 Å². The van der Waals surface area contributed by atoms with Gasteiger partial charge in [0.05, 0.1) is 13.2 Å². The van der Waals surface area contributed by atoms with Crippen molar-refractivity contribution in [1.29, 1.82) is 0 Å². The molecule has 20 heavy (non-hydrogen) atoms. The molecule has 1 aliphatic rings. The maximum atomic E-state index is 12.4. The molecule has 0 amide bonds. The molecule has 0 aromatic heterocycles. The normalized spacial score (nSPS) is 19.8. The highest BCUT2D eigenvalue weighted by Gasteiger charge is 2.26. The van der Waals surface area contributed by atoms with Gasteiger partial charge in [-0.15, -0.1) is 0 Å². The molecule has 4 nitrogen and oxygen atoms in total. The standard InChI is InChI=1S/C16H23NO3/c1-3-10-19-14-7-5-13(6-8-14)16(18)15-12-17(4-2)9-11-20-15/h5-8,15H,3-4,9-12H2,1-2H3. The summed E-state index contributed by atoms with van der Waals surface area (Å²) in [6.45, 7) is 8.04. The van der Waals surface area contributed by atoms with Crippen LogP contribution in [0.5, 0.6) is 5.75 Å². The molecule has 1 atom stereocenters. The summed E-state index contributed by atoms with van der Waals surface area (Å²) in [7, 11) is 0. The second-order valence-corrected chi connectivity index (χ2v) is 4.99. The summed E-state index contributed by atoms with van der Waals surface area (Å²) in [4.78, 5) is 14.6. The van der Waals surface area contributed by atoms with Crippen molar-refractivity contribution in [3.63, 3.8) is 0 Å². The Kier molecular flexibility index (Phi) is 5.56. The average molecular weight is 277 g/mol. The molecule has 1 fully saturated rings. The van der Waals surface area contributed by atoms with Gasteiger partial charge >= 0.3 is 0 Å². The summed E-state index contributed by atoms with van der Waals surface area (Å²) in [5.74, 6) is 0.869. The van der Waals surface area contributed by atoms with Crippen LogP contribution in [0.2, 0.25) is 0 Å². The van der Waals surface area contributed by atoms with E-state index in [9.17, 15) is 4.79 Å². The summed E-state index contributed by atoms with van der Waals surface area (Å²) in [5, 5.41) is 0. The lowest BCUT2D eigenvalue weighted by Gasteiger charge is -2.31. The molecule has 0 radical (unpaired) electrons. The van der Waals surface area contributed by atoms with E-state index in [2.05, 4.69) is 18.7 Å². The lowest BCUT2D eigenvalue weighted by Crippen LogP contribution is -2.45. The van der Waals surface area contributed by atoms with Gasteiger partial charge in [-0.2, -0.15) is 0 Å². The number of likely N-dealkylation sites (N-methyl/N-ethyl adjacent to an activating group) is 1. The Hall–Kier alpha value is -1.39. The van der Waals surface area contributed by atoms with E-state index in [1.165, 1.54) is 0 Å². The van der Waals surface area contributed by atoms with Crippen LogP contribution in [-0.4, -0.2) is 49.6 Å². The predicted molar refractivity (Wildman–Crippen MR) is 78.4 cm³/mol. The number of hydrogen-bond acceptors (Lipinski definition) is 4. The smallest absolute Gasteiger partial charge is 0.192 e. The number of rotatable bonds is 6. The monoisotopic (exact) mass is 277 g/mol. The molecule has 0 aliphatic carbocycles. The van der Waals surface area contributed by atoms with Crippen LogP contribution >= 0.6 is 0 Å². The minimum atomic E-state index is -0.342. The van der Waals surface area contributed by atoms with Gasteiger partial charge in [0.15, 0.2) is 5.78 Å². The van der Waals surface area contributed by atoms with Gasteiger partial charge in [-0.25, -0.2) is 0 Å². The van der Waals surface area contributed by atoms with Gasteiger partial charge in [0.2, 0.25) is 0 Å². The van der Waals surface area contributed by atoms with Gasteiger partial charge in [-0.05, 0) is 37.2 Å². The zero-order valence-corrected chi connectivity index (χ0v) is 12.3. The van der Waals surface area contributed by atoms with Crippen LogP contribution in [0, 0.1) is 0 Å². The van der Waals surface area contributed by atoms with Crippen molar-refractivity contribution in [2.75, 3.05) is 32.8 Å². The number of benzene rings is 1. The van der Waals surface area contributed by atoms with E-state index < -0.39 is 0 Å². The number of hydrogen-bond donors (Lipinski definition) is 0. The van der Waals surface area contributed by atoms with Crippen LogP contribution in [0.15, 0.2) is 24.3 Å². The van der Waals surface area contributed by atoms with E-state index in [0.29, 0.717) is 25.3 Å². The van der Waals surface area contributed by atoms with Gasteiger partial charge in [0.1, 0.15) is 11.9 Å². The molecule has 2 rings (SSSR count). The average Bonchev–Trinajstić information content (AvgIpc) is 2.52. The number of ketones is 1. The molecule has 0 N–H and O–H groups in total. The molecule has 0 bridgehead atoms. The number of ether oxygens (including phenoxy) is 2. The molecule has 1 saturated heterocycles. The van der Waals surface area contributed by atoms with E-state index in [0.717, 1.165) is 25.3 Å². The quantitative estimate of drug-likeness (QED) is 0.748. The molecule has 1 heterocycles. The van der Waals surface area contributed by atoms with Crippen LogP contribution in [0.4, 0.5) is 0 Å². The molecule has 0 spiro atoms. The Morgan fingerprint density at radius 1 is 1.35 bits per heavy atom. The first kappa shape index (κ1) is 15.0. The van der Waals surface area contributed by atoms with Crippen molar-refractivity contribution in [2.45, 2.75) is 26.4 Å². The maximum Gasteiger partial charge on any atom is 0.192 e. The van der Waals surface area contributed by atoms with Gasteiger partial charge in [-0.1, -0.05) is 13.8 Å². The first-order chi connectivity index (χ1) is 9.74. The zero-order chi connectivity index (χ0) is 14.4. The third-order valence-electron chi connectivity index (χ3n) is 3.50. The van der Waals surface area contributed by atoms with Crippen molar-refractivity contribution in [2.24, 2.45) is 0 Å². The molecular weight excluding hydrogens is 254 g/mol. The minimum absolute atomic E-state index is 0.0604. The molecule has 4 heteroatoms. The fourth-order valence-corrected chi connectivity index (χ4v) is 2.27. The molecule has 0 saturated carbocycles. The van der Waals surface area contributed by atoms with Crippen LogP contribution in [0.1, 0.15) is 30.6 Å². The Labute approximate surface area is 120 Å². The summed E-state index contributed by atoms with van der Waals surface area (Å²) >= 11 is 0. The summed E-state index contributed by atoms with van der Waals surface area (Å²) in [5.41, 5.74) is 0.691. The maximum absolute atomic E-state index is 12.4. The first-order valence-electron chi connectivity index (χ1n) is 7.35. The van der Waals surface area contributed by atoms with Crippen molar-refractivity contribution in [3.8, 4) is 5.75 Å². The third-order valence-corrected chi connectivity index (χ3v) is 3.50. The highest BCUT2D eigenvalue weighted by Crippen LogP contribution is 2.16. The molecule has 1 aromatic rings. The topological polar surface area (TPSA) is 38.8 Å². The van der Waals surface area contributed by atoms with E-state index in [4.69, 9.17) is 9.47 Å². The van der Waals surface area contributed by atoms with Crippen LogP contribution in [-0.2, 0) is 4.74 Å². The highest BCUT2D eigenvalue weighted by atomic mass is 16.5. The van der Waals surface area contributed by atoms with Crippen LogP contribution in [0.25, 0.3) is 0 Å². The van der Waals surface area contributed by atoms with Gasteiger partial charge in [-0.3, -0.25) is 9.69 Å². The van der Waals surface area contributed by atoms with Gasteiger partial charge < -0.3 is 9.47 Å². The van der Waals surface area contributed by atoms with Gasteiger partial charge in [0, 0.05) is 18.7 Å². The highest BCUT2D eigenvalue weighted by molar-refractivity contribution is 5.99. The SMILES string of the molecule is CCCOc1ccc(C(=O)C2CN(CC)CCO2)cc1.